The summed E-state index contributed by atoms with van der Waals surface area (Å²) in [5.74, 6) is 0. The first-order valence-electron chi connectivity index (χ1n) is 8.01. The second-order valence-electron chi connectivity index (χ2n) is 6.47. The molecule has 0 aromatic heterocycles. The third-order valence-electron chi connectivity index (χ3n) is 4.71. The predicted molar refractivity (Wildman–Crippen MR) is 88.7 cm³/mol. The van der Waals surface area contributed by atoms with Gasteiger partial charge in [-0.2, -0.15) is 0 Å². The Kier molecular flexibility index (Phi) is 5.09. The molecule has 2 fully saturated rings. The Hall–Kier alpha value is -1.30. The number of nitrogens with zero attached hydrogens (tertiary/aromatic N) is 1. The van der Waals surface area contributed by atoms with Gasteiger partial charge >= 0.3 is 6.03 Å². The summed E-state index contributed by atoms with van der Waals surface area (Å²) >= 11 is 5.90. The number of hydrogen-bond donors (Lipinski definition) is 1. The summed E-state index contributed by atoms with van der Waals surface area (Å²) in [5, 5.41) is 3.65. The van der Waals surface area contributed by atoms with Gasteiger partial charge in [-0.25, -0.2) is 4.79 Å². The summed E-state index contributed by atoms with van der Waals surface area (Å²) in [5.41, 5.74) is 1.20. The SMILES string of the molecule is COC(CNC(=O)N1CC2(CCCOC2)C1)c1ccc(Cl)cc1. The van der Waals surface area contributed by atoms with Crippen molar-refractivity contribution in [2.75, 3.05) is 40.0 Å². The van der Waals surface area contributed by atoms with E-state index in [-0.39, 0.29) is 17.6 Å². The molecular formula is C17H23ClN2O3. The largest absolute Gasteiger partial charge is 0.381 e. The smallest absolute Gasteiger partial charge is 0.317 e. The number of carbonyl (C=O) groups excluding carboxylic acids is 1. The lowest BCUT2D eigenvalue weighted by Crippen LogP contribution is -2.63. The van der Waals surface area contributed by atoms with Crippen LogP contribution in [0.2, 0.25) is 5.02 Å². The Morgan fingerprint density at radius 2 is 2.17 bits per heavy atom. The number of halogens is 1. The van der Waals surface area contributed by atoms with Crippen molar-refractivity contribution in [3.8, 4) is 0 Å². The lowest BCUT2D eigenvalue weighted by atomic mass is 9.76. The van der Waals surface area contributed by atoms with Crippen LogP contribution < -0.4 is 5.32 Å². The number of urea groups is 1. The van der Waals surface area contributed by atoms with E-state index in [1.807, 2.05) is 29.2 Å². The first kappa shape index (κ1) is 16.6. The van der Waals surface area contributed by atoms with Gasteiger partial charge in [0.05, 0.1) is 12.7 Å². The molecule has 1 N–H and O–H groups in total. The standard InChI is InChI=1S/C17H23ClN2O3/c1-22-15(13-3-5-14(18)6-4-13)9-19-16(21)20-10-17(11-20)7-2-8-23-12-17/h3-6,15H,2,7-12H2,1H3,(H,19,21). The number of rotatable bonds is 4. The lowest BCUT2D eigenvalue weighted by Gasteiger charge is -2.51. The second kappa shape index (κ2) is 7.07. The third-order valence-corrected chi connectivity index (χ3v) is 4.96. The fourth-order valence-electron chi connectivity index (χ4n) is 3.37. The quantitative estimate of drug-likeness (QED) is 0.918. The van der Waals surface area contributed by atoms with Crippen LogP contribution in [0, 0.1) is 5.41 Å². The number of benzene rings is 1. The van der Waals surface area contributed by atoms with Crippen molar-refractivity contribution in [2.24, 2.45) is 5.41 Å². The monoisotopic (exact) mass is 338 g/mol. The number of amides is 2. The summed E-state index contributed by atoms with van der Waals surface area (Å²) in [6.07, 6.45) is 2.07. The van der Waals surface area contributed by atoms with Gasteiger partial charge in [0.2, 0.25) is 0 Å². The van der Waals surface area contributed by atoms with Crippen LogP contribution >= 0.6 is 11.6 Å². The Bertz CT molecular complexity index is 535. The van der Waals surface area contributed by atoms with Gasteiger partial charge in [-0.05, 0) is 30.5 Å². The van der Waals surface area contributed by atoms with E-state index in [0.29, 0.717) is 11.6 Å². The Balaban J connectivity index is 1.47. The molecule has 1 spiro atoms. The predicted octanol–water partition coefficient (Wildman–Crippen LogP) is 2.85. The fourth-order valence-corrected chi connectivity index (χ4v) is 3.50. The van der Waals surface area contributed by atoms with Crippen molar-refractivity contribution in [2.45, 2.75) is 18.9 Å². The molecule has 1 aromatic carbocycles. The van der Waals surface area contributed by atoms with Gasteiger partial charge < -0.3 is 19.7 Å². The van der Waals surface area contributed by atoms with E-state index in [4.69, 9.17) is 21.1 Å². The molecule has 3 rings (SSSR count). The van der Waals surface area contributed by atoms with Crippen LogP contribution in [0.15, 0.2) is 24.3 Å². The average molecular weight is 339 g/mol. The molecule has 2 aliphatic heterocycles. The van der Waals surface area contributed by atoms with Crippen LogP contribution in [0.4, 0.5) is 4.79 Å². The van der Waals surface area contributed by atoms with E-state index in [0.717, 1.165) is 44.7 Å². The van der Waals surface area contributed by atoms with Gasteiger partial charge in [0, 0.05) is 43.8 Å². The molecule has 1 unspecified atom stereocenters. The average Bonchev–Trinajstić information content (AvgIpc) is 2.55. The van der Waals surface area contributed by atoms with Crippen molar-refractivity contribution >= 4 is 17.6 Å². The molecule has 1 atom stereocenters. The molecule has 0 radical (unpaired) electrons. The molecular weight excluding hydrogens is 316 g/mol. The van der Waals surface area contributed by atoms with Crippen LogP contribution in [-0.4, -0.2) is 50.9 Å². The molecule has 1 aromatic rings. The van der Waals surface area contributed by atoms with Gasteiger partial charge in [-0.15, -0.1) is 0 Å². The molecule has 5 nitrogen and oxygen atoms in total. The number of methoxy groups -OCH3 is 1. The van der Waals surface area contributed by atoms with Crippen molar-refractivity contribution in [3.63, 3.8) is 0 Å². The zero-order chi connectivity index (χ0) is 16.3. The second-order valence-corrected chi connectivity index (χ2v) is 6.91. The minimum Gasteiger partial charge on any atom is -0.381 e. The summed E-state index contributed by atoms with van der Waals surface area (Å²) in [7, 11) is 1.64. The highest BCUT2D eigenvalue weighted by molar-refractivity contribution is 6.30. The molecule has 2 saturated heterocycles. The number of hydrogen-bond acceptors (Lipinski definition) is 3. The highest BCUT2D eigenvalue weighted by Gasteiger charge is 2.46. The molecule has 126 valence electrons. The number of carbonyl (C=O) groups is 1. The minimum atomic E-state index is -0.176. The van der Waals surface area contributed by atoms with Crippen LogP contribution in [0.25, 0.3) is 0 Å². The molecule has 6 heteroatoms. The molecule has 2 heterocycles. The van der Waals surface area contributed by atoms with Crippen LogP contribution in [0.3, 0.4) is 0 Å². The van der Waals surface area contributed by atoms with Gasteiger partial charge in [0.15, 0.2) is 0 Å². The number of likely N-dealkylation sites (tertiary alicyclic amines) is 1. The van der Waals surface area contributed by atoms with Crippen LogP contribution in [0.1, 0.15) is 24.5 Å². The van der Waals surface area contributed by atoms with E-state index in [9.17, 15) is 4.79 Å². The minimum absolute atomic E-state index is 0.0304. The maximum absolute atomic E-state index is 12.3. The molecule has 2 amide bonds. The first-order chi connectivity index (χ1) is 11.1. The highest BCUT2D eigenvalue weighted by atomic mass is 35.5. The Morgan fingerprint density at radius 1 is 1.43 bits per heavy atom. The summed E-state index contributed by atoms with van der Waals surface area (Å²) in [6, 6.07) is 7.46. The van der Waals surface area contributed by atoms with Crippen molar-refractivity contribution in [1.29, 1.82) is 0 Å². The summed E-state index contributed by atoms with van der Waals surface area (Å²) in [4.78, 5) is 14.1. The van der Waals surface area contributed by atoms with Gasteiger partial charge in [-0.1, -0.05) is 23.7 Å². The van der Waals surface area contributed by atoms with Gasteiger partial charge in [0.25, 0.3) is 0 Å². The third kappa shape index (κ3) is 3.79. The Morgan fingerprint density at radius 3 is 2.78 bits per heavy atom. The zero-order valence-electron chi connectivity index (χ0n) is 13.4. The maximum Gasteiger partial charge on any atom is 0.317 e. The Labute approximate surface area is 141 Å². The number of nitrogens with one attached hydrogen (secondary N) is 1. The van der Waals surface area contributed by atoms with Gasteiger partial charge in [0.1, 0.15) is 0 Å². The molecule has 2 aliphatic rings. The van der Waals surface area contributed by atoms with Crippen molar-refractivity contribution in [3.05, 3.63) is 34.9 Å². The van der Waals surface area contributed by atoms with E-state index in [1.54, 1.807) is 7.11 Å². The van der Waals surface area contributed by atoms with E-state index < -0.39 is 0 Å². The lowest BCUT2D eigenvalue weighted by molar-refractivity contribution is -0.0829. The first-order valence-corrected chi connectivity index (χ1v) is 8.38. The molecule has 23 heavy (non-hydrogen) atoms. The topological polar surface area (TPSA) is 50.8 Å². The van der Waals surface area contributed by atoms with Gasteiger partial charge in [-0.3, -0.25) is 0 Å². The maximum atomic E-state index is 12.3. The molecule has 0 saturated carbocycles. The highest BCUT2D eigenvalue weighted by Crippen LogP contribution is 2.37. The van der Waals surface area contributed by atoms with Crippen LogP contribution in [-0.2, 0) is 9.47 Å². The number of ether oxygens (including phenoxy) is 2. The summed E-state index contributed by atoms with van der Waals surface area (Å²) < 4.78 is 11.0. The zero-order valence-corrected chi connectivity index (χ0v) is 14.1. The summed E-state index contributed by atoms with van der Waals surface area (Å²) in [6.45, 7) is 3.65. The normalized spacial score (nSPS) is 20.9. The molecule has 0 bridgehead atoms. The van der Waals surface area contributed by atoms with Crippen molar-refractivity contribution < 1.29 is 14.3 Å². The van der Waals surface area contributed by atoms with E-state index in [2.05, 4.69) is 5.32 Å². The van der Waals surface area contributed by atoms with E-state index in [1.165, 1.54) is 0 Å². The van der Waals surface area contributed by atoms with Crippen molar-refractivity contribution in [1.82, 2.24) is 10.2 Å². The molecule has 0 aliphatic carbocycles. The fraction of sp³-hybridized carbons (Fsp3) is 0.588. The van der Waals surface area contributed by atoms with E-state index >= 15 is 0 Å². The van der Waals surface area contributed by atoms with Crippen LogP contribution in [0.5, 0.6) is 0 Å².